The Labute approximate surface area is 90.8 Å². The number of aliphatic carboxylic acids is 1. The zero-order chi connectivity index (χ0) is 13.5. The molecule has 0 heterocycles. The van der Waals surface area contributed by atoms with Gasteiger partial charge in [-0.25, -0.2) is 4.79 Å². The number of alkyl halides is 3. The molecule has 96 valence electrons. The molecule has 16 heavy (non-hydrogen) atoms. The van der Waals surface area contributed by atoms with Crippen LogP contribution in [0.15, 0.2) is 0 Å². The highest BCUT2D eigenvalue weighted by molar-refractivity contribution is 5.81. The number of hydrogen-bond acceptors (Lipinski definition) is 3. The molecule has 0 rings (SSSR count). The van der Waals surface area contributed by atoms with Gasteiger partial charge >= 0.3 is 12.1 Å². The highest BCUT2D eigenvalue weighted by atomic mass is 19.4. The fraction of sp³-hybridized carbons (Fsp3) is 0.750. The summed E-state index contributed by atoms with van der Waals surface area (Å²) in [6, 6.07) is -0.366. The quantitative estimate of drug-likeness (QED) is 0.653. The lowest BCUT2D eigenvalue weighted by molar-refractivity contribution is -0.192. The Kier molecular flexibility index (Phi) is 7.53. The summed E-state index contributed by atoms with van der Waals surface area (Å²) in [5.41, 5.74) is 5.46. The minimum atomic E-state index is -5.08. The van der Waals surface area contributed by atoms with Gasteiger partial charge in [-0.3, -0.25) is 4.79 Å². The van der Waals surface area contributed by atoms with Gasteiger partial charge in [0.1, 0.15) is 0 Å². The lowest BCUT2D eigenvalue weighted by atomic mass is 10.1. The highest BCUT2D eigenvalue weighted by Crippen LogP contribution is 2.13. The Balaban J connectivity index is 0. The van der Waals surface area contributed by atoms with Crippen LogP contribution in [-0.4, -0.2) is 36.2 Å². The maximum absolute atomic E-state index is 10.7. The van der Waals surface area contributed by atoms with Crippen LogP contribution in [-0.2, 0) is 9.59 Å². The first kappa shape index (κ1) is 17.1. The minimum absolute atomic E-state index is 0.0926. The lowest BCUT2D eigenvalue weighted by Gasteiger charge is -2.12. The summed E-state index contributed by atoms with van der Waals surface area (Å²) in [6.07, 6.45) is -5.08. The van der Waals surface area contributed by atoms with Crippen LogP contribution in [0.25, 0.3) is 0 Å². The van der Waals surface area contributed by atoms with Gasteiger partial charge in [0.15, 0.2) is 0 Å². The number of hydrogen-bond donors (Lipinski definition) is 3. The van der Waals surface area contributed by atoms with E-state index in [1.54, 1.807) is 7.05 Å². The van der Waals surface area contributed by atoms with Gasteiger partial charge in [-0.2, -0.15) is 13.2 Å². The zero-order valence-corrected chi connectivity index (χ0v) is 9.13. The first-order valence-corrected chi connectivity index (χ1v) is 4.31. The van der Waals surface area contributed by atoms with Crippen molar-refractivity contribution in [1.29, 1.82) is 0 Å². The summed E-state index contributed by atoms with van der Waals surface area (Å²) in [5, 5.41) is 9.61. The molecule has 0 saturated carbocycles. The zero-order valence-electron chi connectivity index (χ0n) is 9.13. The van der Waals surface area contributed by atoms with Crippen molar-refractivity contribution in [1.82, 2.24) is 5.32 Å². The fourth-order valence-electron chi connectivity index (χ4n) is 0.469. The van der Waals surface area contributed by atoms with Gasteiger partial charge in [0.25, 0.3) is 0 Å². The number of rotatable bonds is 2. The van der Waals surface area contributed by atoms with Crippen LogP contribution in [0.4, 0.5) is 13.2 Å². The molecule has 4 N–H and O–H groups in total. The molecule has 0 aliphatic rings. The van der Waals surface area contributed by atoms with E-state index in [0.717, 1.165) is 0 Å². The molecule has 5 nitrogen and oxygen atoms in total. The van der Waals surface area contributed by atoms with Crippen molar-refractivity contribution >= 4 is 11.9 Å². The molecule has 0 aromatic carbocycles. The number of likely N-dealkylation sites (N-methyl/N-ethyl adjacent to an activating group) is 1. The van der Waals surface area contributed by atoms with Gasteiger partial charge in [-0.05, 0) is 5.92 Å². The summed E-state index contributed by atoms with van der Waals surface area (Å²) in [5.74, 6) is -2.64. The number of nitrogens with one attached hydrogen (secondary N) is 1. The second-order valence-electron chi connectivity index (χ2n) is 3.19. The molecule has 0 radical (unpaired) electrons. The van der Waals surface area contributed by atoms with Gasteiger partial charge in [-0.1, -0.05) is 13.8 Å². The molecule has 8 heteroatoms. The Hall–Kier alpha value is -1.31. The molecular weight excluding hydrogens is 229 g/mol. The number of amides is 1. The monoisotopic (exact) mass is 244 g/mol. The average Bonchev–Trinajstić information content (AvgIpc) is 2.14. The van der Waals surface area contributed by atoms with Crippen molar-refractivity contribution in [2.45, 2.75) is 26.1 Å². The molecular formula is C8H15F3N2O3. The van der Waals surface area contributed by atoms with E-state index in [0.29, 0.717) is 0 Å². The number of nitrogens with two attached hydrogens (primary N) is 1. The third-order valence-electron chi connectivity index (χ3n) is 1.51. The second-order valence-corrected chi connectivity index (χ2v) is 3.19. The summed E-state index contributed by atoms with van der Waals surface area (Å²) < 4.78 is 31.7. The van der Waals surface area contributed by atoms with Crippen molar-refractivity contribution < 1.29 is 27.9 Å². The topological polar surface area (TPSA) is 92.4 Å². The molecule has 0 aromatic heterocycles. The van der Waals surface area contributed by atoms with Gasteiger partial charge in [0, 0.05) is 7.05 Å². The van der Waals surface area contributed by atoms with Crippen LogP contribution in [0.2, 0.25) is 0 Å². The van der Waals surface area contributed by atoms with E-state index in [9.17, 15) is 18.0 Å². The number of carboxylic acid groups (broad SMARTS) is 1. The van der Waals surface area contributed by atoms with Crippen LogP contribution < -0.4 is 11.1 Å². The smallest absolute Gasteiger partial charge is 0.475 e. The van der Waals surface area contributed by atoms with Crippen LogP contribution in [0.1, 0.15) is 13.8 Å². The van der Waals surface area contributed by atoms with Crippen LogP contribution in [0, 0.1) is 5.92 Å². The number of halogens is 3. The largest absolute Gasteiger partial charge is 0.490 e. The molecule has 0 bridgehead atoms. The number of carbonyl (C=O) groups excluding carboxylic acids is 1. The minimum Gasteiger partial charge on any atom is -0.475 e. The molecule has 0 fully saturated rings. The SMILES string of the molecule is CNC(=O)[C@H](N)C(C)C.O=C(O)C(F)(F)F. The number of carbonyl (C=O) groups is 2. The third kappa shape index (κ3) is 8.04. The van der Waals surface area contributed by atoms with Crippen molar-refractivity contribution in [3.63, 3.8) is 0 Å². The number of carboxylic acids is 1. The van der Waals surface area contributed by atoms with Gasteiger partial charge < -0.3 is 16.2 Å². The van der Waals surface area contributed by atoms with E-state index in [4.69, 9.17) is 15.6 Å². The second kappa shape index (κ2) is 7.04. The van der Waals surface area contributed by atoms with E-state index >= 15 is 0 Å². The Bertz CT molecular complexity index is 241. The van der Waals surface area contributed by atoms with Crippen LogP contribution in [0.3, 0.4) is 0 Å². The van der Waals surface area contributed by atoms with Crippen molar-refractivity contribution in [2.24, 2.45) is 11.7 Å². The van der Waals surface area contributed by atoms with Crippen molar-refractivity contribution in [3.05, 3.63) is 0 Å². The average molecular weight is 244 g/mol. The van der Waals surface area contributed by atoms with Crippen molar-refractivity contribution in [3.8, 4) is 0 Å². The Morgan fingerprint density at radius 3 is 1.69 bits per heavy atom. The van der Waals surface area contributed by atoms with E-state index in [1.807, 2.05) is 13.8 Å². The highest BCUT2D eigenvalue weighted by Gasteiger charge is 2.38. The van der Waals surface area contributed by atoms with Gasteiger partial charge in [0.05, 0.1) is 6.04 Å². The molecule has 0 aliphatic heterocycles. The fourth-order valence-corrected chi connectivity index (χ4v) is 0.469. The van der Waals surface area contributed by atoms with E-state index in [2.05, 4.69) is 5.32 Å². The molecule has 0 unspecified atom stereocenters. The maximum atomic E-state index is 10.7. The first-order chi connectivity index (χ1) is 7.03. The first-order valence-electron chi connectivity index (χ1n) is 4.31. The molecule has 0 spiro atoms. The van der Waals surface area contributed by atoms with E-state index in [-0.39, 0.29) is 17.9 Å². The van der Waals surface area contributed by atoms with Crippen LogP contribution >= 0.6 is 0 Å². The molecule has 1 atom stereocenters. The standard InChI is InChI=1S/C6H14N2O.C2HF3O2/c1-4(2)5(7)6(9)8-3;3-2(4,5)1(6)7/h4-5H,7H2,1-3H3,(H,8,9);(H,6,7)/t5-;/m1./s1. The predicted molar refractivity (Wildman–Crippen MR) is 50.6 cm³/mol. The normalized spacial score (nSPS) is 12.5. The molecule has 0 aliphatic carbocycles. The van der Waals surface area contributed by atoms with Gasteiger partial charge in [-0.15, -0.1) is 0 Å². The Morgan fingerprint density at radius 2 is 1.62 bits per heavy atom. The van der Waals surface area contributed by atoms with Crippen LogP contribution in [0.5, 0.6) is 0 Å². The maximum Gasteiger partial charge on any atom is 0.490 e. The summed E-state index contributed by atoms with van der Waals surface area (Å²) >= 11 is 0. The summed E-state index contributed by atoms with van der Waals surface area (Å²) in [7, 11) is 1.59. The van der Waals surface area contributed by atoms with Crippen molar-refractivity contribution in [2.75, 3.05) is 7.05 Å². The Morgan fingerprint density at radius 1 is 1.31 bits per heavy atom. The van der Waals surface area contributed by atoms with E-state index in [1.165, 1.54) is 0 Å². The molecule has 1 amide bonds. The summed E-state index contributed by atoms with van der Waals surface area (Å²) in [4.78, 5) is 19.6. The van der Waals surface area contributed by atoms with E-state index < -0.39 is 12.1 Å². The molecule has 0 aromatic rings. The van der Waals surface area contributed by atoms with Gasteiger partial charge in [0.2, 0.25) is 5.91 Å². The lowest BCUT2D eigenvalue weighted by Crippen LogP contribution is -2.42. The predicted octanol–water partition coefficient (Wildman–Crippen LogP) is 0.349. The molecule has 0 saturated heterocycles. The third-order valence-corrected chi connectivity index (χ3v) is 1.51. The summed E-state index contributed by atoms with van der Waals surface area (Å²) in [6.45, 7) is 3.83.